The Labute approximate surface area is 147 Å². The van der Waals surface area contributed by atoms with Crippen molar-refractivity contribution in [1.29, 1.82) is 0 Å². The summed E-state index contributed by atoms with van der Waals surface area (Å²) in [6.45, 7) is 5.01. The second-order valence-electron chi connectivity index (χ2n) is 6.33. The highest BCUT2D eigenvalue weighted by Gasteiger charge is 2.22. The number of nitrogens with zero attached hydrogens (tertiary/aromatic N) is 3. The van der Waals surface area contributed by atoms with Crippen molar-refractivity contribution in [3.63, 3.8) is 0 Å². The van der Waals surface area contributed by atoms with Crippen molar-refractivity contribution in [2.45, 2.75) is 6.92 Å². The third-order valence-electron chi connectivity index (χ3n) is 4.27. The molecule has 0 radical (unpaired) electrons. The van der Waals surface area contributed by atoms with Crippen LogP contribution >= 0.6 is 0 Å². The van der Waals surface area contributed by atoms with E-state index in [0.29, 0.717) is 24.5 Å². The van der Waals surface area contributed by atoms with E-state index < -0.39 is 0 Å². The van der Waals surface area contributed by atoms with Crippen LogP contribution in [0.2, 0.25) is 0 Å². The first-order valence-electron chi connectivity index (χ1n) is 8.36. The molecule has 0 bridgehead atoms. The largest absolute Gasteiger partial charge is 0.335 e. The molecule has 6 heteroatoms. The topological polar surface area (TPSA) is 65.5 Å². The van der Waals surface area contributed by atoms with Crippen molar-refractivity contribution in [2.75, 3.05) is 38.5 Å². The standard InChI is InChI=1S/C19H22N4O2/c1-14-5-3-6-15(13-14)20-18(24)16-7-4-8-17(21-16)19(25)23-11-9-22(2)10-12-23/h3-8,13H,9-12H2,1-2H3,(H,20,24). The maximum atomic E-state index is 12.6. The number of hydrogen-bond donors (Lipinski definition) is 1. The molecule has 0 spiro atoms. The molecule has 1 aliphatic heterocycles. The Morgan fingerprint density at radius 3 is 2.40 bits per heavy atom. The van der Waals surface area contributed by atoms with Crippen LogP contribution in [0.3, 0.4) is 0 Å². The normalized spacial score (nSPS) is 15.0. The van der Waals surface area contributed by atoms with E-state index in [2.05, 4.69) is 15.2 Å². The number of carbonyl (C=O) groups is 2. The highest BCUT2D eigenvalue weighted by molar-refractivity contribution is 6.03. The van der Waals surface area contributed by atoms with Gasteiger partial charge in [0.25, 0.3) is 11.8 Å². The SMILES string of the molecule is Cc1cccc(NC(=O)c2cccc(C(=O)N3CCN(C)CC3)n2)c1. The maximum absolute atomic E-state index is 12.6. The molecule has 2 amide bonds. The van der Waals surface area contributed by atoms with Gasteiger partial charge in [0.15, 0.2) is 0 Å². The lowest BCUT2D eigenvalue weighted by atomic mass is 10.2. The number of nitrogens with one attached hydrogen (secondary N) is 1. The van der Waals surface area contributed by atoms with Crippen molar-refractivity contribution in [2.24, 2.45) is 0 Å². The molecule has 1 aromatic heterocycles. The number of aryl methyl sites for hydroxylation is 1. The van der Waals surface area contributed by atoms with Crippen LogP contribution in [0.4, 0.5) is 5.69 Å². The van der Waals surface area contributed by atoms with E-state index in [1.54, 1.807) is 23.1 Å². The summed E-state index contributed by atoms with van der Waals surface area (Å²) in [6, 6.07) is 12.5. The molecule has 1 fully saturated rings. The van der Waals surface area contributed by atoms with Gasteiger partial charge in [-0.05, 0) is 43.8 Å². The van der Waals surface area contributed by atoms with E-state index in [1.807, 2.05) is 38.2 Å². The van der Waals surface area contributed by atoms with Gasteiger partial charge in [-0.2, -0.15) is 0 Å². The van der Waals surface area contributed by atoms with Crippen molar-refractivity contribution < 1.29 is 9.59 Å². The smallest absolute Gasteiger partial charge is 0.274 e. The zero-order chi connectivity index (χ0) is 17.8. The first kappa shape index (κ1) is 17.1. The average Bonchev–Trinajstić information content (AvgIpc) is 2.62. The molecular weight excluding hydrogens is 316 g/mol. The number of amides is 2. The summed E-state index contributed by atoms with van der Waals surface area (Å²) in [6.07, 6.45) is 0. The molecule has 0 unspecified atom stereocenters. The summed E-state index contributed by atoms with van der Waals surface area (Å²) < 4.78 is 0. The second-order valence-corrected chi connectivity index (χ2v) is 6.33. The molecule has 25 heavy (non-hydrogen) atoms. The third kappa shape index (κ3) is 4.22. The van der Waals surface area contributed by atoms with E-state index in [0.717, 1.165) is 18.7 Å². The average molecular weight is 338 g/mol. The fourth-order valence-corrected chi connectivity index (χ4v) is 2.77. The molecule has 1 aromatic carbocycles. The second kappa shape index (κ2) is 7.44. The highest BCUT2D eigenvalue weighted by atomic mass is 16.2. The number of carbonyl (C=O) groups excluding carboxylic acids is 2. The number of anilines is 1. The van der Waals surface area contributed by atoms with E-state index in [4.69, 9.17) is 0 Å². The Morgan fingerprint density at radius 2 is 1.68 bits per heavy atom. The summed E-state index contributed by atoms with van der Waals surface area (Å²) in [4.78, 5) is 33.2. The van der Waals surface area contributed by atoms with Gasteiger partial charge in [0.05, 0.1) is 0 Å². The lowest BCUT2D eigenvalue weighted by Gasteiger charge is -2.32. The number of likely N-dealkylation sites (N-methyl/N-ethyl adjacent to an activating group) is 1. The van der Waals surface area contributed by atoms with Gasteiger partial charge in [0.2, 0.25) is 0 Å². The van der Waals surface area contributed by atoms with Crippen molar-refractivity contribution in [3.05, 3.63) is 59.4 Å². The van der Waals surface area contributed by atoms with Crippen molar-refractivity contribution in [1.82, 2.24) is 14.8 Å². The zero-order valence-corrected chi connectivity index (χ0v) is 14.5. The van der Waals surface area contributed by atoms with Crippen LogP contribution in [0.15, 0.2) is 42.5 Å². The predicted octanol–water partition coefficient (Wildman–Crippen LogP) is 2.03. The molecule has 6 nitrogen and oxygen atoms in total. The molecule has 1 aliphatic rings. The number of benzene rings is 1. The van der Waals surface area contributed by atoms with Gasteiger partial charge in [-0.3, -0.25) is 9.59 Å². The van der Waals surface area contributed by atoms with Crippen LogP contribution in [0, 0.1) is 6.92 Å². The number of aromatic nitrogens is 1. The van der Waals surface area contributed by atoms with E-state index in [1.165, 1.54) is 0 Å². The Bertz CT molecular complexity index is 782. The van der Waals surface area contributed by atoms with Gasteiger partial charge in [0.1, 0.15) is 11.4 Å². The molecule has 0 saturated carbocycles. The lowest BCUT2D eigenvalue weighted by Crippen LogP contribution is -2.47. The molecule has 2 heterocycles. The van der Waals surface area contributed by atoms with Crippen molar-refractivity contribution >= 4 is 17.5 Å². The summed E-state index contributed by atoms with van der Waals surface area (Å²) >= 11 is 0. The first-order chi connectivity index (χ1) is 12.0. The molecule has 1 N–H and O–H groups in total. The van der Waals surface area contributed by atoms with Crippen LogP contribution in [0.1, 0.15) is 26.5 Å². The zero-order valence-electron chi connectivity index (χ0n) is 14.5. The van der Waals surface area contributed by atoms with Crippen LogP contribution in [0.5, 0.6) is 0 Å². The number of pyridine rings is 1. The van der Waals surface area contributed by atoms with E-state index in [-0.39, 0.29) is 17.5 Å². The maximum Gasteiger partial charge on any atom is 0.274 e. The summed E-state index contributed by atoms with van der Waals surface area (Å²) in [7, 11) is 2.04. The Hall–Kier alpha value is -2.73. The summed E-state index contributed by atoms with van der Waals surface area (Å²) in [5.41, 5.74) is 2.32. The van der Waals surface area contributed by atoms with Crippen LogP contribution in [-0.2, 0) is 0 Å². The van der Waals surface area contributed by atoms with Crippen molar-refractivity contribution in [3.8, 4) is 0 Å². The minimum Gasteiger partial charge on any atom is -0.335 e. The summed E-state index contributed by atoms with van der Waals surface area (Å²) in [5.74, 6) is -0.447. The lowest BCUT2D eigenvalue weighted by molar-refractivity contribution is 0.0658. The molecule has 0 atom stereocenters. The minimum absolute atomic E-state index is 0.127. The monoisotopic (exact) mass is 338 g/mol. The molecule has 2 aromatic rings. The predicted molar refractivity (Wildman–Crippen MR) is 96.8 cm³/mol. The first-order valence-corrected chi connectivity index (χ1v) is 8.36. The van der Waals surface area contributed by atoms with Crippen LogP contribution < -0.4 is 5.32 Å². The van der Waals surface area contributed by atoms with Crippen LogP contribution in [0.25, 0.3) is 0 Å². The van der Waals surface area contributed by atoms with Gasteiger partial charge in [0, 0.05) is 31.9 Å². The third-order valence-corrected chi connectivity index (χ3v) is 4.27. The fourth-order valence-electron chi connectivity index (χ4n) is 2.77. The number of hydrogen-bond acceptors (Lipinski definition) is 4. The van der Waals surface area contributed by atoms with Gasteiger partial charge >= 0.3 is 0 Å². The Morgan fingerprint density at radius 1 is 1.00 bits per heavy atom. The molecule has 130 valence electrons. The highest BCUT2D eigenvalue weighted by Crippen LogP contribution is 2.12. The summed E-state index contributed by atoms with van der Waals surface area (Å²) in [5, 5.41) is 2.82. The number of rotatable bonds is 3. The number of piperazine rings is 1. The Kier molecular flexibility index (Phi) is 5.09. The van der Waals surface area contributed by atoms with Gasteiger partial charge in [-0.15, -0.1) is 0 Å². The van der Waals surface area contributed by atoms with E-state index >= 15 is 0 Å². The fraction of sp³-hybridized carbons (Fsp3) is 0.316. The quantitative estimate of drug-likeness (QED) is 0.930. The minimum atomic E-state index is -0.321. The Balaban J connectivity index is 1.72. The van der Waals surface area contributed by atoms with E-state index in [9.17, 15) is 9.59 Å². The molecular formula is C19H22N4O2. The molecule has 3 rings (SSSR count). The molecule has 0 aliphatic carbocycles. The van der Waals surface area contributed by atoms with Crippen LogP contribution in [-0.4, -0.2) is 59.8 Å². The van der Waals surface area contributed by atoms with Gasteiger partial charge < -0.3 is 15.1 Å². The van der Waals surface area contributed by atoms with Gasteiger partial charge in [-0.25, -0.2) is 4.98 Å². The molecule has 1 saturated heterocycles. The van der Waals surface area contributed by atoms with Gasteiger partial charge in [-0.1, -0.05) is 18.2 Å².